The maximum Gasteiger partial charge on any atom is 0.0406 e. The van der Waals surface area contributed by atoms with Crippen LogP contribution in [0.5, 0.6) is 0 Å². The summed E-state index contributed by atoms with van der Waals surface area (Å²) >= 11 is 5.90. The second kappa shape index (κ2) is 8.54. The molecule has 0 heterocycles. The van der Waals surface area contributed by atoms with Crippen LogP contribution in [0.3, 0.4) is 0 Å². The van der Waals surface area contributed by atoms with Gasteiger partial charge < -0.3 is 5.32 Å². The zero-order valence-electron chi connectivity index (χ0n) is 11.0. The van der Waals surface area contributed by atoms with Crippen LogP contribution in [0.25, 0.3) is 0 Å². The third-order valence-corrected chi connectivity index (χ3v) is 3.34. The van der Waals surface area contributed by atoms with Crippen LogP contribution in [-0.4, -0.2) is 13.1 Å². The van der Waals surface area contributed by atoms with Crippen molar-refractivity contribution in [3.05, 3.63) is 34.9 Å². The van der Waals surface area contributed by atoms with E-state index in [4.69, 9.17) is 11.6 Å². The minimum absolute atomic E-state index is 0.746. The largest absolute Gasteiger partial charge is 0.317 e. The van der Waals surface area contributed by atoms with E-state index >= 15 is 0 Å². The highest BCUT2D eigenvalue weighted by atomic mass is 35.5. The summed E-state index contributed by atoms with van der Waals surface area (Å²) in [6.45, 7) is 6.61. The molecule has 0 aliphatic carbocycles. The van der Waals surface area contributed by atoms with E-state index in [2.05, 4.69) is 31.3 Å². The number of nitrogens with one attached hydrogen (secondary N) is 1. The molecule has 0 aliphatic heterocycles. The number of hydrogen-bond donors (Lipinski definition) is 1. The average Bonchev–Trinajstić information content (AvgIpc) is 2.35. The summed E-state index contributed by atoms with van der Waals surface area (Å²) in [5.41, 5.74) is 1.40. The van der Waals surface area contributed by atoms with E-state index < -0.39 is 0 Å². The van der Waals surface area contributed by atoms with Gasteiger partial charge in [-0.05, 0) is 49.5 Å². The lowest BCUT2D eigenvalue weighted by atomic mass is 9.94. The Labute approximate surface area is 111 Å². The summed E-state index contributed by atoms with van der Waals surface area (Å²) in [5.74, 6) is 0.746. The first kappa shape index (κ1) is 14.5. The lowest BCUT2D eigenvalue weighted by Crippen LogP contribution is -2.24. The molecular formula is C15H24ClN. The Bertz CT molecular complexity index is 286. The summed E-state index contributed by atoms with van der Waals surface area (Å²) < 4.78 is 0. The monoisotopic (exact) mass is 253 g/mol. The molecule has 1 atom stereocenters. The SMILES string of the molecule is CCCCC(CNCC)Cc1ccc(Cl)cc1. The van der Waals surface area contributed by atoms with Gasteiger partial charge in [-0.15, -0.1) is 0 Å². The van der Waals surface area contributed by atoms with Crippen LogP contribution < -0.4 is 5.32 Å². The Hall–Kier alpha value is -0.530. The number of rotatable bonds is 8. The van der Waals surface area contributed by atoms with Crippen LogP contribution in [0.15, 0.2) is 24.3 Å². The molecule has 0 aliphatic rings. The summed E-state index contributed by atoms with van der Waals surface area (Å²) in [6, 6.07) is 8.27. The average molecular weight is 254 g/mol. The minimum atomic E-state index is 0.746. The number of benzene rings is 1. The maximum absolute atomic E-state index is 5.90. The first-order valence-electron chi connectivity index (χ1n) is 6.71. The van der Waals surface area contributed by atoms with Gasteiger partial charge in [-0.1, -0.05) is 50.4 Å². The van der Waals surface area contributed by atoms with Gasteiger partial charge in [0.2, 0.25) is 0 Å². The lowest BCUT2D eigenvalue weighted by Gasteiger charge is -2.17. The highest BCUT2D eigenvalue weighted by molar-refractivity contribution is 6.30. The molecule has 1 aromatic carbocycles. The summed E-state index contributed by atoms with van der Waals surface area (Å²) in [4.78, 5) is 0. The highest BCUT2D eigenvalue weighted by Crippen LogP contribution is 2.17. The number of halogens is 1. The second-order valence-electron chi connectivity index (χ2n) is 4.65. The summed E-state index contributed by atoms with van der Waals surface area (Å²) in [7, 11) is 0. The molecule has 1 N–H and O–H groups in total. The molecule has 0 amide bonds. The van der Waals surface area contributed by atoms with Gasteiger partial charge in [-0.25, -0.2) is 0 Å². The predicted molar refractivity (Wildman–Crippen MR) is 76.7 cm³/mol. The van der Waals surface area contributed by atoms with E-state index in [0.717, 1.165) is 30.5 Å². The fourth-order valence-electron chi connectivity index (χ4n) is 2.07. The topological polar surface area (TPSA) is 12.0 Å². The van der Waals surface area contributed by atoms with E-state index in [0.29, 0.717) is 0 Å². The molecule has 0 saturated carbocycles. The van der Waals surface area contributed by atoms with Crippen LogP contribution in [0.4, 0.5) is 0 Å². The standard InChI is InChI=1S/C15H24ClN/c1-3-5-6-14(12-17-4-2)11-13-7-9-15(16)10-8-13/h7-10,14,17H,3-6,11-12H2,1-2H3. The van der Waals surface area contributed by atoms with E-state index in [1.807, 2.05) is 12.1 Å². The van der Waals surface area contributed by atoms with Crippen molar-refractivity contribution in [3.8, 4) is 0 Å². The third kappa shape index (κ3) is 6.09. The highest BCUT2D eigenvalue weighted by Gasteiger charge is 2.08. The quantitative estimate of drug-likeness (QED) is 0.729. The van der Waals surface area contributed by atoms with Gasteiger partial charge in [0.25, 0.3) is 0 Å². The smallest absolute Gasteiger partial charge is 0.0406 e. The van der Waals surface area contributed by atoms with Crippen molar-refractivity contribution < 1.29 is 0 Å². The Balaban J connectivity index is 2.48. The minimum Gasteiger partial charge on any atom is -0.317 e. The molecule has 17 heavy (non-hydrogen) atoms. The third-order valence-electron chi connectivity index (χ3n) is 3.09. The van der Waals surface area contributed by atoms with Crippen LogP contribution in [-0.2, 0) is 6.42 Å². The lowest BCUT2D eigenvalue weighted by molar-refractivity contribution is 0.434. The molecule has 1 rings (SSSR count). The number of hydrogen-bond acceptors (Lipinski definition) is 1. The van der Waals surface area contributed by atoms with Crippen molar-refractivity contribution in [2.45, 2.75) is 39.5 Å². The normalized spacial score (nSPS) is 12.6. The van der Waals surface area contributed by atoms with Gasteiger partial charge in [0, 0.05) is 5.02 Å². The Morgan fingerprint density at radius 2 is 1.88 bits per heavy atom. The first-order chi connectivity index (χ1) is 8.26. The molecular weight excluding hydrogens is 230 g/mol. The molecule has 96 valence electrons. The van der Waals surface area contributed by atoms with Gasteiger partial charge in [0.1, 0.15) is 0 Å². The zero-order chi connectivity index (χ0) is 12.5. The molecule has 0 fully saturated rings. The van der Waals surface area contributed by atoms with E-state index in [9.17, 15) is 0 Å². The molecule has 1 nitrogen and oxygen atoms in total. The van der Waals surface area contributed by atoms with Crippen molar-refractivity contribution >= 4 is 11.6 Å². The summed E-state index contributed by atoms with van der Waals surface area (Å²) in [6.07, 6.45) is 5.07. The van der Waals surface area contributed by atoms with Crippen LogP contribution >= 0.6 is 11.6 Å². The Kier molecular flexibility index (Phi) is 7.30. The molecule has 1 unspecified atom stereocenters. The zero-order valence-corrected chi connectivity index (χ0v) is 11.8. The summed E-state index contributed by atoms with van der Waals surface area (Å²) in [5, 5.41) is 4.29. The molecule has 0 radical (unpaired) electrons. The molecule has 0 spiro atoms. The van der Waals surface area contributed by atoms with Crippen molar-refractivity contribution in [2.75, 3.05) is 13.1 Å². The molecule has 1 aromatic rings. The van der Waals surface area contributed by atoms with Crippen molar-refractivity contribution in [2.24, 2.45) is 5.92 Å². The van der Waals surface area contributed by atoms with Crippen LogP contribution in [0, 0.1) is 5.92 Å². The predicted octanol–water partition coefficient (Wildman–Crippen LogP) is 4.30. The fraction of sp³-hybridized carbons (Fsp3) is 0.600. The van der Waals surface area contributed by atoms with Crippen molar-refractivity contribution in [1.29, 1.82) is 0 Å². The molecule has 2 heteroatoms. The van der Waals surface area contributed by atoms with Gasteiger partial charge in [0.05, 0.1) is 0 Å². The van der Waals surface area contributed by atoms with E-state index in [1.54, 1.807) is 0 Å². The second-order valence-corrected chi connectivity index (χ2v) is 5.08. The first-order valence-corrected chi connectivity index (χ1v) is 7.09. The van der Waals surface area contributed by atoms with Gasteiger partial charge in [-0.3, -0.25) is 0 Å². The van der Waals surface area contributed by atoms with Crippen molar-refractivity contribution in [1.82, 2.24) is 5.32 Å². The van der Waals surface area contributed by atoms with E-state index in [-0.39, 0.29) is 0 Å². The molecule has 0 saturated heterocycles. The van der Waals surface area contributed by atoms with Crippen LogP contribution in [0.1, 0.15) is 38.7 Å². The van der Waals surface area contributed by atoms with Gasteiger partial charge in [-0.2, -0.15) is 0 Å². The fourth-order valence-corrected chi connectivity index (χ4v) is 2.20. The molecule has 0 bridgehead atoms. The van der Waals surface area contributed by atoms with Gasteiger partial charge in [0.15, 0.2) is 0 Å². The van der Waals surface area contributed by atoms with E-state index in [1.165, 1.54) is 24.8 Å². The Morgan fingerprint density at radius 3 is 2.47 bits per heavy atom. The van der Waals surface area contributed by atoms with Crippen LogP contribution in [0.2, 0.25) is 5.02 Å². The number of unbranched alkanes of at least 4 members (excludes halogenated alkanes) is 1. The Morgan fingerprint density at radius 1 is 1.18 bits per heavy atom. The maximum atomic E-state index is 5.90. The molecule has 0 aromatic heterocycles. The van der Waals surface area contributed by atoms with Gasteiger partial charge >= 0.3 is 0 Å². The van der Waals surface area contributed by atoms with Crippen molar-refractivity contribution in [3.63, 3.8) is 0 Å².